The highest BCUT2D eigenvalue weighted by molar-refractivity contribution is 5.93. The van der Waals surface area contributed by atoms with Crippen molar-refractivity contribution in [3.05, 3.63) is 29.8 Å². The zero-order valence-corrected chi connectivity index (χ0v) is 11.0. The van der Waals surface area contributed by atoms with Gasteiger partial charge in [0.1, 0.15) is 12.4 Å². The van der Waals surface area contributed by atoms with E-state index in [1.807, 2.05) is 20.8 Å². The first-order chi connectivity index (χ1) is 8.42. The van der Waals surface area contributed by atoms with E-state index in [2.05, 4.69) is 5.43 Å². The summed E-state index contributed by atoms with van der Waals surface area (Å²) in [6, 6.07) is 6.76. The van der Waals surface area contributed by atoms with Crippen molar-refractivity contribution in [2.75, 3.05) is 13.2 Å². The molecule has 0 heterocycles. The lowest BCUT2D eigenvalue weighted by Gasteiger charge is -2.19. The molecule has 0 aliphatic rings. The van der Waals surface area contributed by atoms with Crippen molar-refractivity contribution in [1.29, 1.82) is 0 Å². The molecule has 0 unspecified atom stereocenters. The molecule has 5 nitrogen and oxygen atoms in total. The predicted molar refractivity (Wildman–Crippen MR) is 69.3 cm³/mol. The van der Waals surface area contributed by atoms with Crippen molar-refractivity contribution in [3.63, 3.8) is 0 Å². The lowest BCUT2D eigenvalue weighted by molar-refractivity contribution is -0.0163. The van der Waals surface area contributed by atoms with Crippen LogP contribution in [0.1, 0.15) is 31.1 Å². The minimum atomic E-state index is -0.322. The third-order valence-corrected chi connectivity index (χ3v) is 2.13. The standard InChI is InChI=1S/C13H20N2O3/c1-13(2,3)18-9-8-17-11-6-4-10(5-7-11)12(16)15-14/h4-7H,8-9,14H2,1-3H3,(H,15,16). The first-order valence-electron chi connectivity index (χ1n) is 5.80. The quantitative estimate of drug-likeness (QED) is 0.360. The first-order valence-corrected chi connectivity index (χ1v) is 5.80. The van der Waals surface area contributed by atoms with Crippen LogP contribution in [-0.4, -0.2) is 24.7 Å². The molecule has 0 aromatic heterocycles. The summed E-state index contributed by atoms with van der Waals surface area (Å²) >= 11 is 0. The van der Waals surface area contributed by atoms with Gasteiger partial charge in [0.05, 0.1) is 12.2 Å². The Hall–Kier alpha value is -1.59. The molecule has 1 rings (SSSR count). The maximum atomic E-state index is 11.2. The fraction of sp³-hybridized carbons (Fsp3) is 0.462. The van der Waals surface area contributed by atoms with Crippen LogP contribution in [0.5, 0.6) is 5.75 Å². The number of hydrazine groups is 1. The number of hydrogen-bond donors (Lipinski definition) is 2. The number of ether oxygens (including phenoxy) is 2. The van der Waals surface area contributed by atoms with Gasteiger partial charge in [-0.2, -0.15) is 0 Å². The SMILES string of the molecule is CC(C)(C)OCCOc1ccc(C(=O)NN)cc1. The molecule has 0 atom stereocenters. The number of benzene rings is 1. The number of amides is 1. The van der Waals surface area contributed by atoms with Gasteiger partial charge in [-0.1, -0.05) is 0 Å². The van der Waals surface area contributed by atoms with E-state index in [1.54, 1.807) is 24.3 Å². The summed E-state index contributed by atoms with van der Waals surface area (Å²) in [5.74, 6) is 5.41. The number of nitrogens with two attached hydrogens (primary N) is 1. The maximum Gasteiger partial charge on any atom is 0.265 e. The number of carbonyl (C=O) groups excluding carboxylic acids is 1. The third-order valence-electron chi connectivity index (χ3n) is 2.13. The van der Waals surface area contributed by atoms with E-state index in [9.17, 15) is 4.79 Å². The van der Waals surface area contributed by atoms with E-state index >= 15 is 0 Å². The van der Waals surface area contributed by atoms with Gasteiger partial charge in [0.2, 0.25) is 0 Å². The van der Waals surface area contributed by atoms with Crippen LogP contribution in [-0.2, 0) is 4.74 Å². The van der Waals surface area contributed by atoms with E-state index in [4.69, 9.17) is 15.3 Å². The highest BCUT2D eigenvalue weighted by Crippen LogP contribution is 2.12. The Morgan fingerprint density at radius 2 is 1.83 bits per heavy atom. The van der Waals surface area contributed by atoms with Crippen LogP contribution < -0.4 is 16.0 Å². The number of hydrogen-bond acceptors (Lipinski definition) is 4. The molecule has 3 N–H and O–H groups in total. The summed E-state index contributed by atoms with van der Waals surface area (Å²) < 4.78 is 11.0. The summed E-state index contributed by atoms with van der Waals surface area (Å²) in [4.78, 5) is 11.2. The lowest BCUT2D eigenvalue weighted by Crippen LogP contribution is -2.29. The second kappa shape index (κ2) is 6.37. The minimum absolute atomic E-state index is 0.160. The fourth-order valence-electron chi connectivity index (χ4n) is 1.29. The van der Waals surface area contributed by atoms with E-state index in [-0.39, 0.29) is 11.5 Å². The van der Waals surface area contributed by atoms with Gasteiger partial charge in [-0.05, 0) is 45.0 Å². The Balaban J connectivity index is 2.38. The smallest absolute Gasteiger partial charge is 0.265 e. The largest absolute Gasteiger partial charge is 0.491 e. The molecule has 0 aliphatic carbocycles. The van der Waals surface area contributed by atoms with Gasteiger partial charge in [0.15, 0.2) is 0 Å². The highest BCUT2D eigenvalue weighted by Gasteiger charge is 2.09. The van der Waals surface area contributed by atoms with Gasteiger partial charge in [-0.3, -0.25) is 10.2 Å². The summed E-state index contributed by atoms with van der Waals surface area (Å²) in [7, 11) is 0. The molecule has 18 heavy (non-hydrogen) atoms. The van der Waals surface area contributed by atoms with Gasteiger partial charge < -0.3 is 9.47 Å². The number of carbonyl (C=O) groups is 1. The van der Waals surface area contributed by atoms with Crippen LogP contribution >= 0.6 is 0 Å². The molecule has 5 heteroatoms. The highest BCUT2D eigenvalue weighted by atomic mass is 16.5. The Morgan fingerprint density at radius 3 is 2.33 bits per heavy atom. The molecule has 100 valence electrons. The normalized spacial score (nSPS) is 11.1. The molecular formula is C13H20N2O3. The van der Waals surface area contributed by atoms with E-state index in [1.165, 1.54) is 0 Å². The van der Waals surface area contributed by atoms with Crippen LogP contribution in [0.4, 0.5) is 0 Å². The molecule has 0 fully saturated rings. The molecular weight excluding hydrogens is 232 g/mol. The summed E-state index contributed by atoms with van der Waals surface area (Å²) in [6.07, 6.45) is 0. The molecule has 0 saturated heterocycles. The Morgan fingerprint density at radius 1 is 1.22 bits per heavy atom. The van der Waals surface area contributed by atoms with Crippen molar-refractivity contribution in [3.8, 4) is 5.75 Å². The predicted octanol–water partition coefficient (Wildman–Crippen LogP) is 1.48. The maximum absolute atomic E-state index is 11.2. The Labute approximate surface area is 107 Å². The van der Waals surface area contributed by atoms with Crippen molar-refractivity contribution in [1.82, 2.24) is 5.43 Å². The van der Waals surface area contributed by atoms with Crippen LogP contribution in [0, 0.1) is 0 Å². The van der Waals surface area contributed by atoms with Crippen LogP contribution in [0.15, 0.2) is 24.3 Å². The molecule has 0 bridgehead atoms. The Kier molecular flexibility index (Phi) is 5.12. The minimum Gasteiger partial charge on any atom is -0.491 e. The van der Waals surface area contributed by atoms with E-state index in [0.29, 0.717) is 24.5 Å². The topological polar surface area (TPSA) is 73.6 Å². The van der Waals surface area contributed by atoms with E-state index in [0.717, 1.165) is 0 Å². The van der Waals surface area contributed by atoms with Gasteiger partial charge in [-0.25, -0.2) is 5.84 Å². The number of nitrogens with one attached hydrogen (secondary N) is 1. The summed E-state index contributed by atoms with van der Waals surface area (Å²) in [5, 5.41) is 0. The second-order valence-corrected chi connectivity index (χ2v) is 4.81. The zero-order chi connectivity index (χ0) is 13.6. The van der Waals surface area contributed by atoms with Gasteiger partial charge in [-0.15, -0.1) is 0 Å². The number of rotatable bonds is 5. The third kappa shape index (κ3) is 5.16. The van der Waals surface area contributed by atoms with Crippen LogP contribution in [0.3, 0.4) is 0 Å². The monoisotopic (exact) mass is 252 g/mol. The van der Waals surface area contributed by atoms with Crippen molar-refractivity contribution in [2.45, 2.75) is 26.4 Å². The molecule has 1 amide bonds. The zero-order valence-electron chi connectivity index (χ0n) is 11.0. The Bertz CT molecular complexity index is 382. The molecule has 1 aromatic rings. The van der Waals surface area contributed by atoms with Crippen LogP contribution in [0.2, 0.25) is 0 Å². The average Bonchev–Trinajstić information content (AvgIpc) is 2.33. The van der Waals surface area contributed by atoms with Gasteiger partial charge >= 0.3 is 0 Å². The molecule has 0 saturated carbocycles. The second-order valence-electron chi connectivity index (χ2n) is 4.81. The molecule has 0 spiro atoms. The van der Waals surface area contributed by atoms with Gasteiger partial charge in [0.25, 0.3) is 5.91 Å². The molecule has 1 aromatic carbocycles. The molecule has 0 radical (unpaired) electrons. The van der Waals surface area contributed by atoms with Crippen molar-refractivity contribution < 1.29 is 14.3 Å². The number of nitrogen functional groups attached to an aromatic ring is 1. The lowest BCUT2D eigenvalue weighted by atomic mass is 10.2. The fourth-order valence-corrected chi connectivity index (χ4v) is 1.29. The van der Waals surface area contributed by atoms with E-state index < -0.39 is 0 Å². The molecule has 0 aliphatic heterocycles. The van der Waals surface area contributed by atoms with Crippen molar-refractivity contribution in [2.24, 2.45) is 5.84 Å². The van der Waals surface area contributed by atoms with Crippen molar-refractivity contribution >= 4 is 5.91 Å². The summed E-state index contributed by atoms with van der Waals surface area (Å²) in [6.45, 7) is 6.97. The first kappa shape index (κ1) is 14.5. The summed E-state index contributed by atoms with van der Waals surface area (Å²) in [5.41, 5.74) is 2.41. The average molecular weight is 252 g/mol. The van der Waals surface area contributed by atoms with Crippen LogP contribution in [0.25, 0.3) is 0 Å². The van der Waals surface area contributed by atoms with Gasteiger partial charge in [0, 0.05) is 5.56 Å².